The van der Waals surface area contributed by atoms with Crippen LogP contribution < -0.4 is 0 Å². The van der Waals surface area contributed by atoms with Gasteiger partial charge < -0.3 is 4.90 Å². The van der Waals surface area contributed by atoms with Crippen molar-refractivity contribution in [2.24, 2.45) is 5.92 Å². The van der Waals surface area contributed by atoms with Gasteiger partial charge >= 0.3 is 0 Å². The van der Waals surface area contributed by atoms with Gasteiger partial charge in [-0.25, -0.2) is 4.98 Å². The van der Waals surface area contributed by atoms with E-state index in [1.54, 1.807) is 12.3 Å². The summed E-state index contributed by atoms with van der Waals surface area (Å²) in [7, 11) is 2.13. The normalized spacial score (nSPS) is 10.9. The molecule has 0 saturated heterocycles. The van der Waals surface area contributed by atoms with E-state index in [-0.39, 0.29) is 0 Å². The minimum Gasteiger partial charge on any atom is -0.306 e. The van der Waals surface area contributed by atoms with Crippen LogP contribution in [0, 0.1) is 24.7 Å². The minimum absolute atomic E-state index is 0.406. The monoisotopic (exact) mass is 294 g/mol. The first-order valence-electron chi connectivity index (χ1n) is 7.65. The topological polar surface area (TPSA) is 16.1 Å². The highest BCUT2D eigenvalue weighted by Crippen LogP contribution is 2.05. The molecule has 0 spiro atoms. The maximum absolute atomic E-state index is 12.6. The molecule has 120 valence electrons. The molecule has 0 aromatic carbocycles. The summed E-state index contributed by atoms with van der Waals surface area (Å²) < 4.78 is 12.6. The summed E-state index contributed by atoms with van der Waals surface area (Å²) >= 11 is 0. The van der Waals surface area contributed by atoms with Crippen molar-refractivity contribution in [2.75, 3.05) is 20.1 Å². The Morgan fingerprint density at radius 3 is 2.24 bits per heavy atom. The van der Waals surface area contributed by atoms with Crippen molar-refractivity contribution in [1.82, 2.24) is 9.88 Å². The van der Waals surface area contributed by atoms with E-state index in [0.29, 0.717) is 0 Å². The van der Waals surface area contributed by atoms with Gasteiger partial charge in [-0.1, -0.05) is 46.6 Å². The third kappa shape index (κ3) is 13.3. The summed E-state index contributed by atoms with van der Waals surface area (Å²) in [4.78, 5) is 5.97. The van der Waals surface area contributed by atoms with Crippen molar-refractivity contribution in [1.29, 1.82) is 0 Å². The Morgan fingerprint density at radius 2 is 1.81 bits per heavy atom. The van der Waals surface area contributed by atoms with Crippen LogP contribution in [-0.2, 0) is 6.42 Å². The minimum atomic E-state index is -0.406. The third-order valence-electron chi connectivity index (χ3n) is 2.89. The van der Waals surface area contributed by atoms with E-state index >= 15 is 0 Å². The first kappa shape index (κ1) is 21.9. The SMILES string of the molecule is C#C.CCC.CCC(C)CN(C)CCc1ccc(F)nc1. The summed E-state index contributed by atoms with van der Waals surface area (Å²) in [6, 6.07) is 3.23. The lowest BCUT2D eigenvalue weighted by Gasteiger charge is -2.20. The summed E-state index contributed by atoms with van der Waals surface area (Å²) in [5.74, 6) is 0.327. The van der Waals surface area contributed by atoms with Crippen LogP contribution in [0.25, 0.3) is 0 Å². The van der Waals surface area contributed by atoms with Crippen LogP contribution in [0.1, 0.15) is 46.1 Å². The molecule has 2 nitrogen and oxygen atoms in total. The van der Waals surface area contributed by atoms with Crippen LogP contribution in [0.5, 0.6) is 0 Å². The van der Waals surface area contributed by atoms with Crippen LogP contribution >= 0.6 is 0 Å². The molecule has 0 N–H and O–H groups in total. The molecule has 0 radical (unpaired) electrons. The van der Waals surface area contributed by atoms with Gasteiger partial charge in [-0.15, -0.1) is 12.8 Å². The van der Waals surface area contributed by atoms with E-state index in [2.05, 4.69) is 57.5 Å². The lowest BCUT2D eigenvalue weighted by Crippen LogP contribution is -2.26. The number of terminal acetylenes is 1. The Hall–Kier alpha value is -1.40. The van der Waals surface area contributed by atoms with Crippen molar-refractivity contribution < 1.29 is 4.39 Å². The highest BCUT2D eigenvalue weighted by molar-refractivity contribution is 5.09. The molecule has 0 saturated carbocycles. The smallest absolute Gasteiger partial charge is 0.212 e. The molecule has 0 bridgehead atoms. The van der Waals surface area contributed by atoms with E-state index in [0.717, 1.165) is 31.0 Å². The van der Waals surface area contributed by atoms with Crippen molar-refractivity contribution in [3.63, 3.8) is 0 Å². The zero-order valence-electron chi connectivity index (χ0n) is 14.3. The number of halogens is 1. The molecule has 1 heterocycles. The standard InChI is InChI=1S/C13H21FN2.C3H8.C2H2/c1-4-11(2)10-16(3)8-7-12-5-6-13(14)15-9-12;1-3-2;1-2/h5-6,9,11H,4,7-8,10H2,1-3H3;3H2,1-2H3;1-2H. The molecular weight excluding hydrogens is 263 g/mol. The predicted molar refractivity (Wildman–Crippen MR) is 90.7 cm³/mol. The molecule has 21 heavy (non-hydrogen) atoms. The van der Waals surface area contributed by atoms with Gasteiger partial charge in [0.15, 0.2) is 0 Å². The van der Waals surface area contributed by atoms with Gasteiger partial charge in [0.25, 0.3) is 0 Å². The predicted octanol–water partition coefficient (Wildman–Crippen LogP) is 4.41. The fraction of sp³-hybridized carbons (Fsp3) is 0.611. The molecule has 1 atom stereocenters. The second-order valence-electron chi connectivity index (χ2n) is 5.22. The van der Waals surface area contributed by atoms with Crippen molar-refractivity contribution in [3.8, 4) is 12.8 Å². The molecule has 1 aromatic rings. The van der Waals surface area contributed by atoms with E-state index in [1.165, 1.54) is 18.9 Å². The number of rotatable bonds is 6. The average molecular weight is 294 g/mol. The van der Waals surface area contributed by atoms with Crippen LogP contribution in [-0.4, -0.2) is 30.0 Å². The van der Waals surface area contributed by atoms with E-state index in [1.807, 2.05) is 0 Å². The van der Waals surface area contributed by atoms with E-state index in [9.17, 15) is 4.39 Å². The maximum atomic E-state index is 12.6. The Labute approximate surface area is 130 Å². The Bertz CT molecular complexity index is 346. The van der Waals surface area contributed by atoms with E-state index in [4.69, 9.17) is 0 Å². The largest absolute Gasteiger partial charge is 0.306 e. The molecule has 1 rings (SSSR count). The van der Waals surface area contributed by atoms with E-state index < -0.39 is 5.95 Å². The van der Waals surface area contributed by atoms with Gasteiger partial charge in [0, 0.05) is 19.3 Å². The number of pyridine rings is 1. The van der Waals surface area contributed by atoms with Crippen molar-refractivity contribution in [3.05, 3.63) is 29.8 Å². The molecule has 0 aliphatic heterocycles. The summed E-state index contributed by atoms with van der Waals surface area (Å²) in [6.45, 7) is 10.8. The molecule has 1 unspecified atom stereocenters. The molecular formula is C18H31FN2. The highest BCUT2D eigenvalue weighted by atomic mass is 19.1. The second-order valence-corrected chi connectivity index (χ2v) is 5.22. The number of hydrogen-bond donors (Lipinski definition) is 0. The zero-order chi connectivity index (χ0) is 16.7. The van der Waals surface area contributed by atoms with Crippen LogP contribution in [0.4, 0.5) is 4.39 Å². The Morgan fingerprint density at radius 1 is 1.24 bits per heavy atom. The molecule has 0 fully saturated rings. The summed E-state index contributed by atoms with van der Waals surface area (Å²) in [5, 5.41) is 0. The summed E-state index contributed by atoms with van der Waals surface area (Å²) in [5.41, 5.74) is 1.09. The first-order valence-corrected chi connectivity index (χ1v) is 7.65. The summed E-state index contributed by atoms with van der Waals surface area (Å²) in [6.07, 6.45) is 13.0. The average Bonchev–Trinajstić information content (AvgIpc) is 2.49. The molecule has 0 aliphatic rings. The Balaban J connectivity index is 0. The Kier molecular flexibility index (Phi) is 15.6. The van der Waals surface area contributed by atoms with Gasteiger partial charge in [-0.2, -0.15) is 4.39 Å². The number of hydrogen-bond acceptors (Lipinski definition) is 2. The van der Waals surface area contributed by atoms with Gasteiger partial charge in [-0.3, -0.25) is 0 Å². The van der Waals surface area contributed by atoms with Gasteiger partial charge in [0.05, 0.1) is 0 Å². The van der Waals surface area contributed by atoms with Crippen LogP contribution in [0.2, 0.25) is 0 Å². The van der Waals surface area contributed by atoms with Gasteiger partial charge in [-0.05, 0) is 31.0 Å². The number of aromatic nitrogens is 1. The quantitative estimate of drug-likeness (QED) is 0.571. The van der Waals surface area contributed by atoms with Crippen molar-refractivity contribution in [2.45, 2.75) is 47.0 Å². The number of likely N-dealkylation sites (N-methyl/N-ethyl adjacent to an activating group) is 1. The van der Waals surface area contributed by atoms with Crippen molar-refractivity contribution >= 4 is 0 Å². The van der Waals surface area contributed by atoms with Crippen LogP contribution in [0.3, 0.4) is 0 Å². The fourth-order valence-electron chi connectivity index (χ4n) is 1.63. The lowest BCUT2D eigenvalue weighted by atomic mass is 10.1. The molecule has 3 heteroatoms. The zero-order valence-corrected chi connectivity index (χ0v) is 14.3. The molecule has 0 aliphatic carbocycles. The molecule has 1 aromatic heterocycles. The molecule has 0 amide bonds. The van der Waals surface area contributed by atoms with Gasteiger partial charge in [0.1, 0.15) is 0 Å². The van der Waals surface area contributed by atoms with Gasteiger partial charge in [0.2, 0.25) is 5.95 Å². The van der Waals surface area contributed by atoms with Crippen LogP contribution in [0.15, 0.2) is 18.3 Å². The fourth-order valence-corrected chi connectivity index (χ4v) is 1.63. The second kappa shape index (κ2) is 15.0. The highest BCUT2D eigenvalue weighted by Gasteiger charge is 2.04. The number of nitrogens with zero attached hydrogens (tertiary/aromatic N) is 2. The third-order valence-corrected chi connectivity index (χ3v) is 2.89. The first-order chi connectivity index (χ1) is 10.0. The lowest BCUT2D eigenvalue weighted by molar-refractivity contribution is 0.285. The maximum Gasteiger partial charge on any atom is 0.212 e.